The fraction of sp³-hybridized carbons (Fsp3) is 0.636. The lowest BCUT2D eigenvalue weighted by Gasteiger charge is -2.19. The van der Waals surface area contributed by atoms with E-state index < -0.39 is 5.97 Å². The summed E-state index contributed by atoms with van der Waals surface area (Å²) in [7, 11) is 0. The van der Waals surface area contributed by atoms with Crippen molar-refractivity contribution in [2.75, 3.05) is 19.6 Å². The molecule has 5 heteroatoms. The number of carboxylic acids is 1. The summed E-state index contributed by atoms with van der Waals surface area (Å²) < 4.78 is 0. The Hall–Kier alpha value is -1.36. The number of carbonyl (C=O) groups excluding carboxylic acids is 1. The van der Waals surface area contributed by atoms with E-state index in [4.69, 9.17) is 5.11 Å². The molecule has 0 bridgehead atoms. The highest BCUT2D eigenvalue weighted by molar-refractivity contribution is 5.79. The molecule has 1 atom stereocenters. The molecule has 2 N–H and O–H groups in total. The van der Waals surface area contributed by atoms with E-state index in [1.165, 1.54) is 4.90 Å². The van der Waals surface area contributed by atoms with Crippen LogP contribution in [0.3, 0.4) is 0 Å². The number of rotatable bonds is 8. The zero-order valence-corrected chi connectivity index (χ0v) is 9.90. The van der Waals surface area contributed by atoms with E-state index in [1.807, 2.05) is 13.8 Å². The van der Waals surface area contributed by atoms with E-state index in [9.17, 15) is 9.59 Å². The largest absolute Gasteiger partial charge is 0.480 e. The van der Waals surface area contributed by atoms with Crippen molar-refractivity contribution in [3.05, 3.63) is 12.7 Å². The zero-order valence-electron chi connectivity index (χ0n) is 9.90. The first-order valence-electron chi connectivity index (χ1n) is 5.34. The van der Waals surface area contributed by atoms with E-state index in [-0.39, 0.29) is 25.0 Å². The first-order chi connectivity index (χ1) is 7.49. The van der Waals surface area contributed by atoms with Crippen molar-refractivity contribution in [3.8, 4) is 0 Å². The van der Waals surface area contributed by atoms with Gasteiger partial charge in [0.05, 0.1) is 13.1 Å². The van der Waals surface area contributed by atoms with Gasteiger partial charge in [0.25, 0.3) is 0 Å². The summed E-state index contributed by atoms with van der Waals surface area (Å²) >= 11 is 0. The van der Waals surface area contributed by atoms with Crippen molar-refractivity contribution >= 4 is 11.9 Å². The topological polar surface area (TPSA) is 69.6 Å². The molecule has 0 rings (SSSR count). The molecule has 0 saturated carbocycles. The SMILES string of the molecule is C=CCN(CC(=O)O)CC(=O)NC(C)CC. The third kappa shape index (κ3) is 7.00. The molecule has 0 radical (unpaired) electrons. The highest BCUT2D eigenvalue weighted by Crippen LogP contribution is 1.92. The number of nitrogens with zero attached hydrogens (tertiary/aromatic N) is 1. The normalized spacial score (nSPS) is 12.2. The van der Waals surface area contributed by atoms with Crippen LogP contribution >= 0.6 is 0 Å². The number of hydrogen-bond acceptors (Lipinski definition) is 3. The van der Waals surface area contributed by atoms with Crippen LogP contribution < -0.4 is 5.32 Å². The minimum atomic E-state index is -0.946. The summed E-state index contributed by atoms with van der Waals surface area (Å²) in [6.07, 6.45) is 2.44. The lowest BCUT2D eigenvalue weighted by molar-refractivity contribution is -0.138. The number of amides is 1. The van der Waals surface area contributed by atoms with Gasteiger partial charge in [-0.05, 0) is 13.3 Å². The van der Waals surface area contributed by atoms with Crippen LogP contribution in [0.25, 0.3) is 0 Å². The molecular weight excluding hydrogens is 208 g/mol. The molecule has 0 aromatic rings. The van der Waals surface area contributed by atoms with Crippen molar-refractivity contribution < 1.29 is 14.7 Å². The van der Waals surface area contributed by atoms with Gasteiger partial charge >= 0.3 is 5.97 Å². The summed E-state index contributed by atoms with van der Waals surface area (Å²) in [5, 5.41) is 11.4. The molecule has 0 aliphatic rings. The molecular formula is C11H20N2O3. The van der Waals surface area contributed by atoms with Crippen LogP contribution in [-0.4, -0.2) is 47.6 Å². The molecule has 5 nitrogen and oxygen atoms in total. The van der Waals surface area contributed by atoms with Crippen molar-refractivity contribution in [1.82, 2.24) is 10.2 Å². The first-order valence-corrected chi connectivity index (χ1v) is 5.34. The summed E-state index contributed by atoms with van der Waals surface area (Å²) in [6, 6.07) is 0.114. The van der Waals surface area contributed by atoms with Gasteiger partial charge < -0.3 is 10.4 Å². The van der Waals surface area contributed by atoms with E-state index >= 15 is 0 Å². The molecule has 0 fully saturated rings. The maximum absolute atomic E-state index is 11.5. The van der Waals surface area contributed by atoms with Crippen molar-refractivity contribution in [1.29, 1.82) is 0 Å². The third-order valence-electron chi connectivity index (χ3n) is 2.13. The van der Waals surface area contributed by atoms with Crippen LogP contribution in [-0.2, 0) is 9.59 Å². The summed E-state index contributed by atoms with van der Waals surface area (Å²) in [6.45, 7) is 7.73. The van der Waals surface area contributed by atoms with Gasteiger partial charge in [-0.15, -0.1) is 6.58 Å². The molecule has 0 aromatic heterocycles. The first kappa shape index (κ1) is 14.6. The molecule has 16 heavy (non-hydrogen) atoms. The smallest absolute Gasteiger partial charge is 0.317 e. The molecule has 0 saturated heterocycles. The predicted molar refractivity (Wildman–Crippen MR) is 62.2 cm³/mol. The summed E-state index contributed by atoms with van der Waals surface area (Å²) in [5.41, 5.74) is 0. The van der Waals surface area contributed by atoms with Crippen LogP contribution in [0.15, 0.2) is 12.7 Å². The van der Waals surface area contributed by atoms with Crippen molar-refractivity contribution in [2.45, 2.75) is 26.3 Å². The second kappa shape index (κ2) is 7.87. The maximum atomic E-state index is 11.5. The second-order valence-electron chi connectivity index (χ2n) is 3.73. The van der Waals surface area contributed by atoms with Gasteiger partial charge in [0.1, 0.15) is 0 Å². The molecule has 1 amide bonds. The quantitative estimate of drug-likeness (QED) is 0.593. The minimum Gasteiger partial charge on any atom is -0.480 e. The highest BCUT2D eigenvalue weighted by atomic mass is 16.4. The van der Waals surface area contributed by atoms with Gasteiger partial charge in [0.15, 0.2) is 0 Å². The molecule has 0 aliphatic heterocycles. The lowest BCUT2D eigenvalue weighted by atomic mass is 10.2. The predicted octanol–water partition coefficient (Wildman–Crippen LogP) is 0.474. The minimum absolute atomic E-state index is 0.0860. The zero-order chi connectivity index (χ0) is 12.6. The number of aliphatic carboxylic acids is 1. The Morgan fingerprint density at radius 1 is 1.50 bits per heavy atom. The number of carboxylic acid groups (broad SMARTS) is 1. The second-order valence-corrected chi connectivity index (χ2v) is 3.73. The van der Waals surface area contributed by atoms with E-state index in [0.717, 1.165) is 6.42 Å². The Morgan fingerprint density at radius 3 is 2.56 bits per heavy atom. The third-order valence-corrected chi connectivity index (χ3v) is 2.13. The Labute approximate surface area is 96.1 Å². The molecule has 0 spiro atoms. The van der Waals surface area contributed by atoms with Gasteiger partial charge in [0, 0.05) is 12.6 Å². The van der Waals surface area contributed by atoms with Crippen LogP contribution in [0.4, 0.5) is 0 Å². The van der Waals surface area contributed by atoms with E-state index in [1.54, 1.807) is 6.08 Å². The molecule has 1 unspecified atom stereocenters. The van der Waals surface area contributed by atoms with Gasteiger partial charge in [-0.2, -0.15) is 0 Å². The van der Waals surface area contributed by atoms with Crippen LogP contribution in [0.2, 0.25) is 0 Å². The van der Waals surface area contributed by atoms with E-state index in [0.29, 0.717) is 6.54 Å². The van der Waals surface area contributed by atoms with Crippen LogP contribution in [0, 0.1) is 0 Å². The Balaban J connectivity index is 4.11. The number of carbonyl (C=O) groups is 2. The molecule has 0 aliphatic carbocycles. The Kier molecular flexibility index (Phi) is 7.20. The molecule has 92 valence electrons. The standard InChI is InChI=1S/C11H20N2O3/c1-4-6-13(8-11(15)16)7-10(14)12-9(3)5-2/h4,9H,1,5-8H2,2-3H3,(H,12,14)(H,15,16). The van der Waals surface area contributed by atoms with Gasteiger partial charge in [0.2, 0.25) is 5.91 Å². The highest BCUT2D eigenvalue weighted by Gasteiger charge is 2.13. The van der Waals surface area contributed by atoms with Crippen LogP contribution in [0.5, 0.6) is 0 Å². The fourth-order valence-corrected chi connectivity index (χ4v) is 1.18. The monoisotopic (exact) mass is 228 g/mol. The lowest BCUT2D eigenvalue weighted by Crippen LogP contribution is -2.42. The Bertz CT molecular complexity index is 254. The average Bonchev–Trinajstić information content (AvgIpc) is 2.16. The van der Waals surface area contributed by atoms with E-state index in [2.05, 4.69) is 11.9 Å². The fourth-order valence-electron chi connectivity index (χ4n) is 1.18. The number of hydrogen-bond donors (Lipinski definition) is 2. The summed E-state index contributed by atoms with van der Waals surface area (Å²) in [5.74, 6) is -1.10. The maximum Gasteiger partial charge on any atom is 0.317 e. The Morgan fingerprint density at radius 2 is 2.12 bits per heavy atom. The molecule has 0 heterocycles. The number of nitrogens with one attached hydrogen (secondary N) is 1. The summed E-state index contributed by atoms with van der Waals surface area (Å²) in [4.78, 5) is 23.6. The van der Waals surface area contributed by atoms with Crippen LogP contribution in [0.1, 0.15) is 20.3 Å². The average molecular weight is 228 g/mol. The van der Waals surface area contributed by atoms with Crippen molar-refractivity contribution in [2.24, 2.45) is 0 Å². The van der Waals surface area contributed by atoms with Gasteiger partial charge in [-0.25, -0.2) is 0 Å². The van der Waals surface area contributed by atoms with Gasteiger partial charge in [-0.1, -0.05) is 13.0 Å². The van der Waals surface area contributed by atoms with Crippen molar-refractivity contribution in [3.63, 3.8) is 0 Å². The molecule has 0 aromatic carbocycles. The van der Waals surface area contributed by atoms with Gasteiger partial charge in [-0.3, -0.25) is 14.5 Å².